The second-order valence-corrected chi connectivity index (χ2v) is 25.9. The average molecular weight is 2040 g/mol. The van der Waals surface area contributed by atoms with Gasteiger partial charge in [-0.1, -0.05) is 0 Å². The summed E-state index contributed by atoms with van der Waals surface area (Å²) in [6.45, 7) is 2.51. The van der Waals surface area contributed by atoms with E-state index in [9.17, 15) is 79.2 Å². The van der Waals surface area contributed by atoms with Gasteiger partial charge in [0.2, 0.25) is 11.9 Å². The van der Waals surface area contributed by atoms with Crippen LogP contribution in [0, 0.1) is 31.1 Å². The molecule has 7 aliphatic heterocycles. The summed E-state index contributed by atoms with van der Waals surface area (Å²) in [5.74, 6) is 0.126. The Balaban J connectivity index is 0.000000432. The van der Waals surface area contributed by atoms with Gasteiger partial charge in [-0.2, -0.15) is 9.97 Å². The van der Waals surface area contributed by atoms with E-state index in [0.717, 1.165) is 26.0 Å². The number of H-pyrrole nitrogens is 5. The second kappa shape index (κ2) is 50.0. The fourth-order valence-corrected chi connectivity index (χ4v) is 10.6. The number of anilines is 2. The van der Waals surface area contributed by atoms with Crippen LogP contribution in [0.2, 0.25) is 0 Å². The molecule has 0 saturated carbocycles. The predicted molar refractivity (Wildman–Crippen MR) is 384 cm³/mol. The van der Waals surface area contributed by atoms with Crippen molar-refractivity contribution in [1.29, 1.82) is 0 Å². The standard InChI is InChI=1S/C12H15N5O6.C9H12N2O6.C9H12N2O5.C7H7N5O3.2C6H12O3.C4H4N2O2.3H3NP2.U.2Y/c18-2-5-4(19)1-6(23-5)16-3-13-7-8(16)14-12-15-9(20)11(22)17(12)10(7)21;12-3-4-6(14)7(15)8(17-4)11-2-1-5(13)10-9(11)16;12-4-6-5(13)3-8(16-6)11-2-1-7(14)10-9(11)15;13-4-6(15)12-5(14)2-3(9-1-8-2)10-7(12)11-4;2*1-4-2-5(8)6(3-7)9-4;7-3-1-2-5-4(8)6-3;3*2-1-3;;;/h3-6,9,11,18-20,22H,1-2H2,(H,14,15);1-2,4,6-8,12,14-15H,3H2,(H,10,13,16);1-2,5-6,8,12-13H,3-4H2,(H,10,14,15);1,4,6,13,15H,(H,8,9)(H,10,11);2*4-8H,2-3H2,1H3;1-2H,(H2,5,6,7,8);3*2H,3H2;;;/t4?,5-,6-,9?,11?;4-,6?,7+,8-;5?,6-,8-;;2*4-,5?,6-;;;;;;;/m111.11......./s1. The number of aromatic nitrogens is 14. The maximum atomic E-state index is 12.4. The number of nitrogens with one attached hydrogen (secondary N) is 7. The normalized spacial score (nSPS) is 28.0. The molecule has 14 rings (SSSR count). The summed E-state index contributed by atoms with van der Waals surface area (Å²) < 4.78 is 41.4. The Kier molecular flexibility index (Phi) is 46.5. The van der Waals surface area contributed by atoms with Gasteiger partial charge in [-0.25, -0.2) is 33.5 Å². The van der Waals surface area contributed by atoms with E-state index in [2.05, 4.69) is 114 Å². The number of aliphatic hydroxyl groups is 15. The van der Waals surface area contributed by atoms with Gasteiger partial charge in [0.1, 0.15) is 55.2 Å². The largest absolute Gasteiger partial charge is 0.394 e. The van der Waals surface area contributed by atoms with Gasteiger partial charge in [-0.3, -0.25) is 66.2 Å². The van der Waals surface area contributed by atoms with E-state index in [4.69, 9.17) is 59.4 Å². The average Bonchev–Trinajstić information content (AvgIpc) is 1.60. The van der Waals surface area contributed by atoms with Crippen LogP contribution >= 0.6 is 55.3 Å². The molecule has 22 N–H and O–H groups in total. The van der Waals surface area contributed by atoms with Crippen LogP contribution in [0.5, 0.6) is 0 Å². The van der Waals surface area contributed by atoms with Crippen LogP contribution < -0.4 is 55.5 Å². The van der Waals surface area contributed by atoms with Crippen LogP contribution in [0.4, 0.5) is 11.9 Å². The van der Waals surface area contributed by atoms with Gasteiger partial charge < -0.3 is 121 Å². The molecule has 0 spiro atoms. The van der Waals surface area contributed by atoms with E-state index in [1.807, 2.05) is 23.8 Å². The minimum absolute atomic E-state index is 0. The van der Waals surface area contributed by atoms with Gasteiger partial charge in [0, 0.05) is 159 Å². The Labute approximate surface area is 700 Å². The molecule has 12 unspecified atom stereocenters. The number of rotatable bonds is 8. The minimum Gasteiger partial charge on any atom is -0.394 e. The van der Waals surface area contributed by atoms with Gasteiger partial charge >= 0.3 is 17.1 Å². The van der Waals surface area contributed by atoms with Crippen LogP contribution in [0.15, 0.2) is 101 Å². The number of hydrogen-bond donors (Lipinski definition) is 22. The molecule has 5 fully saturated rings. The number of fused-ring (bicyclic) bond motifs is 4. The fraction of sp³-hybridized carbons (Fsp3) is 0.585. The molecule has 0 aliphatic carbocycles. The van der Waals surface area contributed by atoms with E-state index < -0.39 is 144 Å². The summed E-state index contributed by atoms with van der Waals surface area (Å²) in [7, 11) is 14.7. The third kappa shape index (κ3) is 28.1. The Hall–Kier alpha value is -3.61. The summed E-state index contributed by atoms with van der Waals surface area (Å²) in [5, 5.41) is 144. The minimum atomic E-state index is -1.44. The monoisotopic (exact) mass is 2040 g/mol. The topological polar surface area (TPSA) is 702 Å². The summed E-state index contributed by atoms with van der Waals surface area (Å²) in [6.07, 6.45) is -7.67. The third-order valence-corrected chi connectivity index (χ3v) is 15.5. The maximum absolute atomic E-state index is 12.4. The van der Waals surface area contributed by atoms with E-state index >= 15 is 0 Å². The molecule has 5 saturated heterocycles. The maximum Gasteiger partial charge on any atom is 0.330 e. The van der Waals surface area contributed by atoms with Crippen molar-refractivity contribution >= 4 is 89.5 Å². The summed E-state index contributed by atoms with van der Waals surface area (Å²) in [5.41, 5.74) is -3.67. The number of imidazole rings is 2. The molecule has 14 heterocycles. The number of ether oxygens (including phenoxy) is 5. The van der Waals surface area contributed by atoms with Crippen molar-refractivity contribution in [3.05, 3.63) is 133 Å². The molecular formula is C53H83N19O28P6UY2. The van der Waals surface area contributed by atoms with Crippen LogP contribution in [0.3, 0.4) is 0 Å². The molecule has 47 nitrogen and oxygen atoms in total. The summed E-state index contributed by atoms with van der Waals surface area (Å²) >= 11 is 0. The second-order valence-electron chi connectivity index (χ2n) is 22.8. The number of aromatic amines is 5. The Bertz CT molecular complexity index is 4410. The van der Waals surface area contributed by atoms with Gasteiger partial charge in [0.15, 0.2) is 53.5 Å². The van der Waals surface area contributed by atoms with Crippen molar-refractivity contribution in [2.75, 3.05) is 43.7 Å². The Morgan fingerprint density at radius 1 is 0.514 bits per heavy atom. The molecule has 56 heteroatoms. The zero-order chi connectivity index (χ0) is 79.0. The van der Waals surface area contributed by atoms with Gasteiger partial charge in [-0.15, -0.1) is 0 Å². The SMILES string of the molecule is C[C@@H]1CC(O)[C@@H](CO)O1.C[C@@H]1CC(O)[C@@H](CO)O1.O=c1c2[nH]cnc2nc2n1C(O)C(O)N2.O=c1c2ncn([C@H]3CC(O)[C@@H](CO)O3)c2nc2n1C(O)C(O)N2.O=c1cc[nH]c(=O)[nH]1.O=c1ccn([C@@H]2O[C@H](CO)C(O)[C@@H]2O)c(=O)[nH]1.O=c1ccn([C@H]2CC(O)[C@@H](CO)O2)c(=O)[nH]1.P=NP.P=NP.P=NP.[U].[Y].[Y]. The first-order chi connectivity index (χ1) is 50.3. The van der Waals surface area contributed by atoms with Gasteiger partial charge in [0.25, 0.3) is 27.8 Å². The molecule has 0 bridgehead atoms. The Morgan fingerprint density at radius 3 is 1.31 bits per heavy atom. The molecule has 0 aromatic carbocycles. The fourth-order valence-electron chi connectivity index (χ4n) is 10.6. The Morgan fingerprint density at radius 2 is 0.927 bits per heavy atom. The molecule has 2 radical (unpaired) electrons. The van der Waals surface area contributed by atoms with Crippen molar-refractivity contribution in [2.24, 2.45) is 13.5 Å². The molecule has 7 aliphatic rings. The quantitative estimate of drug-likeness (QED) is 0.0629. The van der Waals surface area contributed by atoms with Crippen molar-refractivity contribution < 1.29 is 197 Å². The molecule has 598 valence electrons. The zero-order valence-electron chi connectivity index (χ0n) is 57.3. The summed E-state index contributed by atoms with van der Waals surface area (Å²) in [6, 6.07) is 3.53. The molecular weight excluding hydrogens is 1950 g/mol. The van der Waals surface area contributed by atoms with Crippen LogP contribution in [-0.2, 0) is 89.1 Å². The van der Waals surface area contributed by atoms with E-state index in [1.54, 1.807) is 0 Å². The molecule has 7 aromatic rings. The smallest absolute Gasteiger partial charge is 0.330 e. The van der Waals surface area contributed by atoms with Crippen molar-refractivity contribution in [3.63, 3.8) is 0 Å². The summed E-state index contributed by atoms with van der Waals surface area (Å²) in [4.78, 5) is 116. The number of nitrogens with zero attached hydrogens (tertiary/aromatic N) is 12. The third-order valence-electron chi connectivity index (χ3n) is 15.5. The predicted octanol–water partition coefficient (Wildman–Crippen LogP) is -7.45. The van der Waals surface area contributed by atoms with Crippen LogP contribution in [0.1, 0.15) is 70.7 Å². The van der Waals surface area contributed by atoms with Crippen LogP contribution in [0.25, 0.3) is 22.3 Å². The van der Waals surface area contributed by atoms with Crippen LogP contribution in [-0.4, -0.2) is 269 Å². The van der Waals surface area contributed by atoms with Gasteiger partial charge in [0.05, 0.1) is 82.3 Å². The van der Waals surface area contributed by atoms with Crippen molar-refractivity contribution in [1.82, 2.24) is 67.7 Å². The molecule has 0 amide bonds. The zero-order valence-corrected chi connectivity index (χ0v) is 73.6. The van der Waals surface area contributed by atoms with E-state index in [0.29, 0.717) is 12.8 Å². The van der Waals surface area contributed by atoms with Crippen molar-refractivity contribution in [2.45, 2.75) is 162 Å². The first-order valence-electron chi connectivity index (χ1n) is 31.1. The molecule has 23 atom stereocenters. The van der Waals surface area contributed by atoms with Gasteiger partial charge in [-0.05, 0) is 69.1 Å². The number of aliphatic hydroxyl groups excluding tert-OH is 15. The van der Waals surface area contributed by atoms with Crippen molar-refractivity contribution in [3.8, 4) is 0 Å². The van der Waals surface area contributed by atoms with E-state index in [1.165, 1.54) is 46.3 Å². The first-order valence-corrected chi connectivity index (χ1v) is 34.0. The van der Waals surface area contributed by atoms with E-state index in [-0.39, 0.29) is 200 Å². The molecule has 109 heavy (non-hydrogen) atoms. The number of hydrogen-bond acceptors (Lipinski definition) is 37. The first kappa shape index (κ1) is 101. The molecule has 7 aromatic heterocycles.